The van der Waals surface area contributed by atoms with Gasteiger partial charge in [0.1, 0.15) is 0 Å². The van der Waals surface area contributed by atoms with Crippen molar-refractivity contribution >= 4 is 35.8 Å². The molecule has 9 heteroatoms. The zero-order valence-electron chi connectivity index (χ0n) is 17.1. The fraction of sp³-hybridized carbons (Fsp3) is 0.722. The van der Waals surface area contributed by atoms with E-state index in [0.29, 0.717) is 13.0 Å². The van der Waals surface area contributed by atoms with E-state index in [9.17, 15) is 4.79 Å². The molecule has 1 aliphatic heterocycles. The number of nitrogens with zero attached hydrogens (tertiary/aromatic N) is 5. The number of likely N-dealkylation sites (N-methyl/N-ethyl adjacent to an activating group) is 1. The predicted octanol–water partition coefficient (Wildman–Crippen LogP) is 1.21. The van der Waals surface area contributed by atoms with Crippen molar-refractivity contribution in [3.05, 3.63) is 18.0 Å². The molecular formula is C18H34IN7O. The molecule has 1 saturated heterocycles. The lowest BCUT2D eigenvalue weighted by atomic mass is 10.1. The summed E-state index contributed by atoms with van der Waals surface area (Å²) in [5, 5.41) is 11.1. The van der Waals surface area contributed by atoms with E-state index in [1.54, 1.807) is 0 Å². The summed E-state index contributed by atoms with van der Waals surface area (Å²) in [7, 11) is 6.03. The number of carbonyl (C=O) groups is 1. The van der Waals surface area contributed by atoms with Crippen molar-refractivity contribution in [1.29, 1.82) is 0 Å². The molecule has 1 aliphatic rings. The summed E-state index contributed by atoms with van der Waals surface area (Å²) in [6, 6.07) is 0.417. The van der Waals surface area contributed by atoms with Crippen molar-refractivity contribution in [1.82, 2.24) is 30.2 Å². The van der Waals surface area contributed by atoms with Gasteiger partial charge in [-0.15, -0.1) is 24.0 Å². The summed E-state index contributed by atoms with van der Waals surface area (Å²) in [5.41, 5.74) is 1.15. The fourth-order valence-corrected chi connectivity index (χ4v) is 3.20. The molecule has 2 N–H and O–H groups in total. The van der Waals surface area contributed by atoms with Crippen molar-refractivity contribution in [3.63, 3.8) is 0 Å². The third-order valence-electron chi connectivity index (χ3n) is 4.68. The predicted molar refractivity (Wildman–Crippen MR) is 119 cm³/mol. The highest BCUT2D eigenvalue weighted by Crippen LogP contribution is 2.17. The number of likely N-dealkylation sites (tertiary alicyclic amines) is 1. The second kappa shape index (κ2) is 11.5. The number of nitrogens with one attached hydrogen (secondary N) is 2. The van der Waals surface area contributed by atoms with Gasteiger partial charge in [-0.1, -0.05) is 6.92 Å². The lowest BCUT2D eigenvalue weighted by Crippen LogP contribution is -2.45. The highest BCUT2D eigenvalue weighted by atomic mass is 127. The third kappa shape index (κ3) is 6.95. The van der Waals surface area contributed by atoms with E-state index in [1.807, 2.05) is 35.9 Å². The number of rotatable bonds is 7. The first-order chi connectivity index (χ1) is 12.4. The zero-order chi connectivity index (χ0) is 19.1. The number of aromatic nitrogens is 2. The molecular weight excluding hydrogens is 457 g/mol. The van der Waals surface area contributed by atoms with E-state index in [1.165, 1.54) is 0 Å². The average Bonchev–Trinajstić information content (AvgIpc) is 3.23. The van der Waals surface area contributed by atoms with Crippen LogP contribution in [0.25, 0.3) is 0 Å². The molecule has 1 aromatic rings. The van der Waals surface area contributed by atoms with Gasteiger partial charge < -0.3 is 20.4 Å². The molecule has 1 aromatic heterocycles. The number of aryl methyl sites for hydroxylation is 1. The van der Waals surface area contributed by atoms with Crippen molar-refractivity contribution in [2.45, 2.75) is 38.8 Å². The summed E-state index contributed by atoms with van der Waals surface area (Å²) in [5.74, 6) is 1.03. The van der Waals surface area contributed by atoms with Gasteiger partial charge in [-0.25, -0.2) is 0 Å². The van der Waals surface area contributed by atoms with Gasteiger partial charge >= 0.3 is 0 Å². The molecule has 1 fully saturated rings. The topological polar surface area (TPSA) is 77.8 Å². The summed E-state index contributed by atoms with van der Waals surface area (Å²) in [4.78, 5) is 20.7. The third-order valence-corrected chi connectivity index (χ3v) is 4.68. The van der Waals surface area contributed by atoms with Crippen molar-refractivity contribution < 1.29 is 4.79 Å². The van der Waals surface area contributed by atoms with Gasteiger partial charge in [0.15, 0.2) is 5.96 Å². The molecule has 0 spiro atoms. The lowest BCUT2D eigenvalue weighted by molar-refractivity contribution is -0.129. The standard InChI is InChI=1S/C18H33N7O.HI/c1-6-17(26)25-9-8-15(13-25)22-18(19-7-2)20-11-16(23(3)4)14-10-21-24(5)12-14;/h10,12,15-16H,6-9,11,13H2,1-5H3,(H2,19,20,22);1H. The molecule has 1 amide bonds. The van der Waals surface area contributed by atoms with Crippen LogP contribution in [0.4, 0.5) is 0 Å². The summed E-state index contributed by atoms with van der Waals surface area (Å²) in [6.07, 6.45) is 5.45. The van der Waals surface area contributed by atoms with Crippen LogP contribution in [-0.4, -0.2) is 77.8 Å². The van der Waals surface area contributed by atoms with E-state index in [0.717, 1.165) is 37.6 Å². The first-order valence-electron chi connectivity index (χ1n) is 9.42. The van der Waals surface area contributed by atoms with Gasteiger partial charge in [-0.05, 0) is 27.4 Å². The number of guanidine groups is 1. The van der Waals surface area contributed by atoms with Gasteiger partial charge in [-0.2, -0.15) is 5.10 Å². The minimum atomic E-state index is 0. The number of carbonyl (C=O) groups excluding carboxylic acids is 1. The average molecular weight is 491 g/mol. The molecule has 0 radical (unpaired) electrons. The van der Waals surface area contributed by atoms with E-state index in [-0.39, 0.29) is 42.0 Å². The Morgan fingerprint density at radius 2 is 2.19 bits per heavy atom. The number of hydrogen-bond donors (Lipinski definition) is 2. The van der Waals surface area contributed by atoms with Crippen LogP contribution in [0.5, 0.6) is 0 Å². The lowest BCUT2D eigenvalue weighted by Gasteiger charge is -2.23. The Kier molecular flexibility index (Phi) is 10.1. The Hall–Kier alpha value is -1.36. The Morgan fingerprint density at radius 3 is 2.74 bits per heavy atom. The normalized spacial score (nSPS) is 18.4. The molecule has 0 aromatic carbocycles. The quantitative estimate of drug-likeness (QED) is 0.341. The van der Waals surface area contributed by atoms with Gasteiger partial charge in [0.2, 0.25) is 5.91 Å². The van der Waals surface area contributed by atoms with Crippen LogP contribution in [0.2, 0.25) is 0 Å². The molecule has 154 valence electrons. The monoisotopic (exact) mass is 491 g/mol. The molecule has 0 aliphatic carbocycles. The smallest absolute Gasteiger partial charge is 0.222 e. The number of hydrogen-bond acceptors (Lipinski definition) is 4. The molecule has 2 heterocycles. The van der Waals surface area contributed by atoms with E-state index >= 15 is 0 Å². The Morgan fingerprint density at radius 1 is 1.44 bits per heavy atom. The highest BCUT2D eigenvalue weighted by molar-refractivity contribution is 14.0. The van der Waals surface area contributed by atoms with Crippen LogP contribution in [0, 0.1) is 0 Å². The first kappa shape index (κ1) is 23.7. The summed E-state index contributed by atoms with van der Waals surface area (Å²) >= 11 is 0. The van der Waals surface area contributed by atoms with Gasteiger partial charge in [0.25, 0.3) is 0 Å². The number of halogens is 1. The second-order valence-electron chi connectivity index (χ2n) is 6.97. The maximum atomic E-state index is 11.9. The van der Waals surface area contributed by atoms with Crippen LogP contribution < -0.4 is 10.6 Å². The van der Waals surface area contributed by atoms with Crippen LogP contribution >= 0.6 is 24.0 Å². The van der Waals surface area contributed by atoms with Gasteiger partial charge in [-0.3, -0.25) is 14.5 Å². The first-order valence-corrected chi connectivity index (χ1v) is 9.42. The van der Waals surface area contributed by atoms with Crippen molar-refractivity contribution in [2.24, 2.45) is 12.0 Å². The van der Waals surface area contributed by atoms with Crippen LogP contribution in [-0.2, 0) is 11.8 Å². The molecule has 2 unspecified atom stereocenters. The Labute approximate surface area is 179 Å². The Bertz CT molecular complexity index is 617. The van der Waals surface area contributed by atoms with Crippen molar-refractivity contribution in [3.8, 4) is 0 Å². The molecule has 2 rings (SSSR count). The summed E-state index contributed by atoms with van der Waals surface area (Å²) < 4.78 is 1.82. The minimum absolute atomic E-state index is 0. The van der Waals surface area contributed by atoms with Crippen LogP contribution in [0.15, 0.2) is 17.4 Å². The molecule has 2 atom stereocenters. The maximum absolute atomic E-state index is 11.9. The van der Waals surface area contributed by atoms with Crippen LogP contribution in [0.3, 0.4) is 0 Å². The second-order valence-corrected chi connectivity index (χ2v) is 6.97. The number of amides is 1. The van der Waals surface area contributed by atoms with Gasteiger partial charge in [0.05, 0.1) is 18.8 Å². The van der Waals surface area contributed by atoms with E-state index < -0.39 is 0 Å². The largest absolute Gasteiger partial charge is 0.357 e. The van der Waals surface area contributed by atoms with Gasteiger partial charge in [0, 0.05) is 50.9 Å². The van der Waals surface area contributed by atoms with Crippen LogP contribution in [0.1, 0.15) is 38.3 Å². The number of aliphatic imine (C=N–C) groups is 1. The van der Waals surface area contributed by atoms with Crippen molar-refractivity contribution in [2.75, 3.05) is 40.3 Å². The fourth-order valence-electron chi connectivity index (χ4n) is 3.20. The SMILES string of the molecule is CCNC(=NCC(c1cnn(C)c1)N(C)C)NC1CCN(C(=O)CC)C1.I. The minimum Gasteiger partial charge on any atom is -0.357 e. The maximum Gasteiger partial charge on any atom is 0.222 e. The molecule has 0 bridgehead atoms. The molecule has 0 saturated carbocycles. The molecule has 8 nitrogen and oxygen atoms in total. The van der Waals surface area contributed by atoms with E-state index in [2.05, 4.69) is 41.7 Å². The van der Waals surface area contributed by atoms with E-state index in [4.69, 9.17) is 4.99 Å². The Balaban J connectivity index is 0.00000364. The zero-order valence-corrected chi connectivity index (χ0v) is 19.4. The molecule has 27 heavy (non-hydrogen) atoms. The summed E-state index contributed by atoms with van der Waals surface area (Å²) in [6.45, 7) is 6.97. The highest BCUT2D eigenvalue weighted by Gasteiger charge is 2.26.